The first kappa shape index (κ1) is 19.3. The Morgan fingerprint density at radius 1 is 0.871 bits per heavy atom. The van der Waals surface area contributed by atoms with Crippen molar-refractivity contribution in [3.8, 4) is 23.0 Å². The number of ether oxygens (including phenoxy) is 4. The fourth-order valence-corrected chi connectivity index (χ4v) is 4.21. The van der Waals surface area contributed by atoms with E-state index in [4.69, 9.17) is 24.0 Å². The van der Waals surface area contributed by atoms with E-state index in [9.17, 15) is 0 Å². The topological polar surface area (TPSA) is 52.5 Å². The van der Waals surface area contributed by atoms with Crippen molar-refractivity contribution in [2.45, 2.75) is 18.7 Å². The van der Waals surface area contributed by atoms with Crippen molar-refractivity contribution >= 4 is 5.71 Å². The molecule has 0 aliphatic carbocycles. The fourth-order valence-electron chi connectivity index (χ4n) is 4.21. The van der Waals surface area contributed by atoms with Crippen LogP contribution in [0, 0.1) is 0 Å². The first-order valence-corrected chi connectivity index (χ1v) is 10.2. The zero-order chi connectivity index (χ0) is 21.4. The minimum absolute atomic E-state index is 0.0974. The van der Waals surface area contributed by atoms with Gasteiger partial charge in [0.15, 0.2) is 11.5 Å². The molecule has 5 rings (SSSR count). The third-order valence-corrected chi connectivity index (χ3v) is 5.82. The van der Waals surface area contributed by atoms with Gasteiger partial charge < -0.3 is 18.9 Å². The van der Waals surface area contributed by atoms with E-state index in [2.05, 4.69) is 11.1 Å². The van der Waals surface area contributed by atoms with Crippen molar-refractivity contribution in [3.05, 3.63) is 83.4 Å². The van der Waals surface area contributed by atoms with Crippen LogP contribution < -0.4 is 18.9 Å². The molecule has 0 bridgehead atoms. The second-order valence-electron chi connectivity index (χ2n) is 7.50. The Morgan fingerprint density at radius 3 is 2.39 bits per heavy atom. The van der Waals surface area contributed by atoms with Crippen molar-refractivity contribution in [3.63, 3.8) is 0 Å². The molecule has 3 aromatic rings. The van der Waals surface area contributed by atoms with Crippen molar-refractivity contribution in [1.29, 1.82) is 0 Å². The van der Waals surface area contributed by atoms with E-state index in [0.717, 1.165) is 40.3 Å². The second-order valence-corrected chi connectivity index (χ2v) is 7.50. The average molecular weight is 416 g/mol. The lowest BCUT2D eigenvalue weighted by molar-refractivity contribution is -0.0190. The molecule has 0 unspecified atom stereocenters. The van der Waals surface area contributed by atoms with Crippen LogP contribution in [0.3, 0.4) is 0 Å². The predicted octanol–water partition coefficient (Wildman–Crippen LogP) is 4.95. The maximum Gasteiger partial charge on any atom is 0.213 e. The van der Waals surface area contributed by atoms with E-state index in [1.807, 2.05) is 60.7 Å². The standard InChI is InChI=1S/C25H24N2O4/c1-28-18-11-8-16(9-12-18)25-27-21(19-6-4-5-7-22(19)31-25)15-20(26-27)17-10-13-23(29-2)24(14-17)30-3/h4-14,21,25H,15H2,1-3H3/t21-,25+/m1/s1. The summed E-state index contributed by atoms with van der Waals surface area (Å²) in [4.78, 5) is 0. The number of fused-ring (bicyclic) bond motifs is 3. The molecular weight excluding hydrogens is 392 g/mol. The maximum absolute atomic E-state index is 6.40. The Bertz CT molecular complexity index is 1130. The summed E-state index contributed by atoms with van der Waals surface area (Å²) in [6.07, 6.45) is 0.464. The van der Waals surface area contributed by atoms with Crippen LogP contribution in [-0.4, -0.2) is 32.0 Å². The Hall–Kier alpha value is -3.67. The molecule has 0 radical (unpaired) electrons. The van der Waals surface area contributed by atoms with E-state index in [1.165, 1.54) is 0 Å². The van der Waals surface area contributed by atoms with Crippen LogP contribution in [0.4, 0.5) is 0 Å². The van der Waals surface area contributed by atoms with Gasteiger partial charge in [-0.05, 0) is 48.5 Å². The number of methoxy groups -OCH3 is 3. The van der Waals surface area contributed by atoms with Crippen LogP contribution in [0.1, 0.15) is 35.4 Å². The molecule has 2 aliphatic heterocycles. The van der Waals surface area contributed by atoms with Gasteiger partial charge in [0.1, 0.15) is 11.5 Å². The minimum Gasteiger partial charge on any atom is -0.497 e. The van der Waals surface area contributed by atoms with Crippen LogP contribution in [0.15, 0.2) is 71.8 Å². The molecule has 0 aromatic heterocycles. The number of hydrogen-bond acceptors (Lipinski definition) is 6. The quantitative estimate of drug-likeness (QED) is 0.589. The predicted molar refractivity (Wildman–Crippen MR) is 118 cm³/mol. The number of nitrogens with zero attached hydrogens (tertiary/aromatic N) is 2. The number of hydrogen-bond donors (Lipinski definition) is 0. The van der Waals surface area contributed by atoms with Gasteiger partial charge in [0.2, 0.25) is 6.23 Å². The summed E-state index contributed by atoms with van der Waals surface area (Å²) in [5, 5.41) is 7.07. The Labute approximate surface area is 181 Å². The highest BCUT2D eigenvalue weighted by molar-refractivity contribution is 6.02. The van der Waals surface area contributed by atoms with E-state index in [0.29, 0.717) is 11.5 Å². The molecule has 0 amide bonds. The zero-order valence-corrected chi connectivity index (χ0v) is 17.7. The van der Waals surface area contributed by atoms with E-state index >= 15 is 0 Å². The van der Waals surface area contributed by atoms with Crippen molar-refractivity contribution in [1.82, 2.24) is 5.01 Å². The molecule has 158 valence electrons. The minimum atomic E-state index is -0.316. The summed E-state index contributed by atoms with van der Waals surface area (Å²) in [6.45, 7) is 0. The molecule has 0 fully saturated rings. The van der Waals surface area contributed by atoms with Crippen molar-refractivity contribution < 1.29 is 18.9 Å². The first-order valence-electron chi connectivity index (χ1n) is 10.2. The lowest BCUT2D eigenvalue weighted by Gasteiger charge is -2.38. The lowest BCUT2D eigenvalue weighted by Crippen LogP contribution is -2.33. The molecule has 0 saturated heterocycles. The number of rotatable bonds is 5. The highest BCUT2D eigenvalue weighted by atomic mass is 16.5. The molecule has 6 nitrogen and oxygen atoms in total. The van der Waals surface area contributed by atoms with Gasteiger partial charge in [-0.2, -0.15) is 5.10 Å². The van der Waals surface area contributed by atoms with E-state index in [1.54, 1.807) is 21.3 Å². The number of para-hydroxylation sites is 1. The number of benzene rings is 3. The van der Waals surface area contributed by atoms with Crippen LogP contribution in [0.2, 0.25) is 0 Å². The maximum atomic E-state index is 6.40. The van der Waals surface area contributed by atoms with Crippen molar-refractivity contribution in [2.24, 2.45) is 5.10 Å². The Balaban J connectivity index is 1.55. The molecular formula is C25H24N2O4. The second kappa shape index (κ2) is 7.87. The Kier molecular flexibility index (Phi) is 4.90. The van der Waals surface area contributed by atoms with Crippen LogP contribution in [0.5, 0.6) is 23.0 Å². The molecule has 0 spiro atoms. The SMILES string of the molecule is COc1ccc([C@@H]2Oc3ccccc3[C@H]3CC(c4ccc(OC)c(OC)c4)=NN32)cc1. The van der Waals surface area contributed by atoms with Crippen LogP contribution in [-0.2, 0) is 0 Å². The molecule has 3 aromatic carbocycles. The Morgan fingerprint density at radius 2 is 1.65 bits per heavy atom. The van der Waals surface area contributed by atoms with Crippen LogP contribution >= 0.6 is 0 Å². The molecule has 6 heteroatoms. The smallest absolute Gasteiger partial charge is 0.213 e. The average Bonchev–Trinajstić information content (AvgIpc) is 3.29. The van der Waals surface area contributed by atoms with Crippen molar-refractivity contribution in [2.75, 3.05) is 21.3 Å². The van der Waals surface area contributed by atoms with Gasteiger partial charge in [0.05, 0.1) is 33.1 Å². The van der Waals surface area contributed by atoms with Gasteiger partial charge in [0, 0.05) is 23.1 Å². The third kappa shape index (κ3) is 3.34. The van der Waals surface area contributed by atoms with Gasteiger partial charge >= 0.3 is 0 Å². The van der Waals surface area contributed by atoms with Gasteiger partial charge in [-0.25, -0.2) is 5.01 Å². The van der Waals surface area contributed by atoms with Gasteiger partial charge in [-0.15, -0.1) is 0 Å². The summed E-state index contributed by atoms with van der Waals surface area (Å²) < 4.78 is 22.6. The first-order chi connectivity index (χ1) is 15.2. The largest absolute Gasteiger partial charge is 0.497 e. The van der Waals surface area contributed by atoms with E-state index in [-0.39, 0.29) is 12.3 Å². The van der Waals surface area contributed by atoms with E-state index < -0.39 is 0 Å². The molecule has 0 saturated carbocycles. The zero-order valence-electron chi connectivity index (χ0n) is 17.7. The fraction of sp³-hybridized carbons (Fsp3) is 0.240. The number of hydrazone groups is 1. The monoisotopic (exact) mass is 416 g/mol. The highest BCUT2D eigenvalue weighted by Gasteiger charge is 2.40. The summed E-state index contributed by atoms with van der Waals surface area (Å²) >= 11 is 0. The highest BCUT2D eigenvalue weighted by Crippen LogP contribution is 2.47. The van der Waals surface area contributed by atoms with Gasteiger partial charge in [-0.3, -0.25) is 0 Å². The summed E-state index contributed by atoms with van der Waals surface area (Å²) in [6, 6.07) is 22.1. The van der Waals surface area contributed by atoms with Crippen LogP contribution in [0.25, 0.3) is 0 Å². The lowest BCUT2D eigenvalue weighted by atomic mass is 9.96. The summed E-state index contributed by atoms with van der Waals surface area (Å²) in [7, 11) is 4.95. The molecule has 2 aliphatic rings. The third-order valence-electron chi connectivity index (χ3n) is 5.82. The molecule has 0 N–H and O–H groups in total. The normalized spacial score (nSPS) is 19.1. The van der Waals surface area contributed by atoms with Gasteiger partial charge in [-0.1, -0.05) is 18.2 Å². The molecule has 31 heavy (non-hydrogen) atoms. The molecule has 2 heterocycles. The molecule has 2 atom stereocenters. The summed E-state index contributed by atoms with van der Waals surface area (Å²) in [5.74, 6) is 3.10. The summed E-state index contributed by atoms with van der Waals surface area (Å²) in [5.41, 5.74) is 4.17. The van der Waals surface area contributed by atoms with Gasteiger partial charge in [0.25, 0.3) is 0 Å².